The van der Waals surface area contributed by atoms with Crippen molar-refractivity contribution in [3.05, 3.63) is 38.9 Å². The highest BCUT2D eigenvalue weighted by molar-refractivity contribution is 6.30. The van der Waals surface area contributed by atoms with E-state index in [9.17, 15) is 10.1 Å². The number of likely N-dealkylation sites (tertiary alicyclic amines) is 1. The predicted molar refractivity (Wildman–Crippen MR) is 71.7 cm³/mol. The molecule has 0 bridgehead atoms. The van der Waals surface area contributed by atoms with Crippen molar-refractivity contribution in [2.75, 3.05) is 13.1 Å². The first-order valence-corrected chi connectivity index (χ1v) is 6.52. The molecule has 1 saturated heterocycles. The fourth-order valence-corrected chi connectivity index (χ4v) is 2.47. The van der Waals surface area contributed by atoms with Crippen LogP contribution >= 0.6 is 11.6 Å². The van der Waals surface area contributed by atoms with Crippen molar-refractivity contribution in [3.8, 4) is 6.07 Å². The van der Waals surface area contributed by atoms with Gasteiger partial charge in [0.1, 0.15) is 0 Å². The summed E-state index contributed by atoms with van der Waals surface area (Å²) in [6, 6.07) is 7.04. The number of benzene rings is 1. The quantitative estimate of drug-likeness (QED) is 0.630. The van der Waals surface area contributed by atoms with Gasteiger partial charge in [-0.1, -0.05) is 11.6 Å². The molecule has 2 rings (SSSR count). The number of nitrogens with zero attached hydrogens (tertiary/aromatic N) is 3. The third kappa shape index (κ3) is 3.43. The Labute approximate surface area is 116 Å². The van der Waals surface area contributed by atoms with Gasteiger partial charge in [-0.05, 0) is 38.1 Å². The molecule has 0 amide bonds. The van der Waals surface area contributed by atoms with Crippen molar-refractivity contribution in [1.82, 2.24) is 4.90 Å². The molecule has 1 aliphatic heterocycles. The van der Waals surface area contributed by atoms with Gasteiger partial charge in [-0.2, -0.15) is 5.26 Å². The second-order valence-corrected chi connectivity index (χ2v) is 5.15. The van der Waals surface area contributed by atoms with Crippen LogP contribution in [0.1, 0.15) is 18.4 Å². The van der Waals surface area contributed by atoms with Crippen LogP contribution in [0.4, 0.5) is 5.69 Å². The zero-order valence-electron chi connectivity index (χ0n) is 10.4. The summed E-state index contributed by atoms with van der Waals surface area (Å²) in [5.41, 5.74) is 0.736. The average Bonchev–Trinajstić information content (AvgIpc) is 2.41. The predicted octanol–water partition coefficient (Wildman–Crippen LogP) is 2.98. The second kappa shape index (κ2) is 6.00. The second-order valence-electron chi connectivity index (χ2n) is 4.71. The Morgan fingerprint density at radius 2 is 2.16 bits per heavy atom. The Morgan fingerprint density at radius 3 is 2.74 bits per heavy atom. The summed E-state index contributed by atoms with van der Waals surface area (Å²) >= 11 is 5.79. The third-order valence-electron chi connectivity index (χ3n) is 3.41. The van der Waals surface area contributed by atoms with Crippen molar-refractivity contribution in [1.29, 1.82) is 5.26 Å². The topological polar surface area (TPSA) is 70.2 Å². The highest BCUT2D eigenvalue weighted by Crippen LogP contribution is 2.26. The summed E-state index contributed by atoms with van der Waals surface area (Å²) in [5.74, 6) is 0.122. The number of nitro benzene ring substituents is 1. The van der Waals surface area contributed by atoms with Gasteiger partial charge in [0, 0.05) is 29.1 Å². The van der Waals surface area contributed by atoms with Gasteiger partial charge in [-0.15, -0.1) is 0 Å². The van der Waals surface area contributed by atoms with Gasteiger partial charge in [0.05, 0.1) is 11.0 Å². The molecule has 0 spiro atoms. The lowest BCUT2D eigenvalue weighted by molar-refractivity contribution is -0.385. The first kappa shape index (κ1) is 13.8. The van der Waals surface area contributed by atoms with E-state index in [1.54, 1.807) is 12.1 Å². The summed E-state index contributed by atoms with van der Waals surface area (Å²) < 4.78 is 0. The van der Waals surface area contributed by atoms with E-state index in [0.29, 0.717) is 17.1 Å². The number of nitro groups is 1. The molecule has 0 aliphatic carbocycles. The molecule has 1 aromatic rings. The van der Waals surface area contributed by atoms with Crippen LogP contribution in [0.2, 0.25) is 5.02 Å². The summed E-state index contributed by atoms with van der Waals surface area (Å²) in [4.78, 5) is 12.7. The van der Waals surface area contributed by atoms with Gasteiger partial charge in [-0.25, -0.2) is 0 Å². The smallest absolute Gasteiger partial charge is 0.275 e. The van der Waals surface area contributed by atoms with E-state index in [1.807, 2.05) is 0 Å². The van der Waals surface area contributed by atoms with Crippen molar-refractivity contribution in [2.45, 2.75) is 19.4 Å². The van der Waals surface area contributed by atoms with Gasteiger partial charge in [0.25, 0.3) is 5.69 Å². The molecule has 1 fully saturated rings. The van der Waals surface area contributed by atoms with Crippen LogP contribution in [0.5, 0.6) is 0 Å². The summed E-state index contributed by atoms with van der Waals surface area (Å²) in [6.07, 6.45) is 1.66. The number of hydrogen-bond donors (Lipinski definition) is 0. The van der Waals surface area contributed by atoms with Crippen LogP contribution in [-0.4, -0.2) is 22.9 Å². The van der Waals surface area contributed by atoms with E-state index in [4.69, 9.17) is 16.9 Å². The minimum atomic E-state index is -0.400. The lowest BCUT2D eigenvalue weighted by Crippen LogP contribution is -2.32. The highest BCUT2D eigenvalue weighted by atomic mass is 35.5. The van der Waals surface area contributed by atoms with Crippen LogP contribution in [0.3, 0.4) is 0 Å². The summed E-state index contributed by atoms with van der Waals surface area (Å²) in [5, 5.41) is 20.2. The molecule has 0 unspecified atom stereocenters. The van der Waals surface area contributed by atoms with Crippen LogP contribution in [0.25, 0.3) is 0 Å². The molecule has 1 heterocycles. The molecule has 6 heteroatoms. The Kier molecular flexibility index (Phi) is 4.35. The van der Waals surface area contributed by atoms with Gasteiger partial charge >= 0.3 is 0 Å². The number of hydrogen-bond acceptors (Lipinski definition) is 4. The Balaban J connectivity index is 2.08. The molecular weight excluding hydrogens is 266 g/mol. The largest absolute Gasteiger partial charge is 0.299 e. The van der Waals surface area contributed by atoms with Crippen molar-refractivity contribution in [2.24, 2.45) is 5.92 Å². The molecule has 1 aromatic carbocycles. The maximum absolute atomic E-state index is 11.0. The van der Waals surface area contributed by atoms with Gasteiger partial charge in [0.15, 0.2) is 0 Å². The Hall–Kier alpha value is -1.64. The number of halogens is 1. The minimum Gasteiger partial charge on any atom is -0.299 e. The van der Waals surface area contributed by atoms with Crippen molar-refractivity contribution in [3.63, 3.8) is 0 Å². The van der Waals surface area contributed by atoms with Gasteiger partial charge in [-0.3, -0.25) is 15.0 Å². The first-order valence-electron chi connectivity index (χ1n) is 6.15. The molecule has 1 aliphatic rings. The molecule has 0 N–H and O–H groups in total. The lowest BCUT2D eigenvalue weighted by Gasteiger charge is -2.28. The fraction of sp³-hybridized carbons (Fsp3) is 0.462. The highest BCUT2D eigenvalue weighted by Gasteiger charge is 2.22. The summed E-state index contributed by atoms with van der Waals surface area (Å²) in [6.45, 7) is 2.14. The molecule has 0 atom stereocenters. The maximum atomic E-state index is 11.0. The van der Waals surface area contributed by atoms with Crippen molar-refractivity contribution < 1.29 is 4.92 Å². The monoisotopic (exact) mass is 279 g/mol. The van der Waals surface area contributed by atoms with Crippen LogP contribution < -0.4 is 0 Å². The van der Waals surface area contributed by atoms with Crippen molar-refractivity contribution >= 4 is 17.3 Å². The van der Waals surface area contributed by atoms with E-state index < -0.39 is 4.92 Å². The Morgan fingerprint density at radius 1 is 1.47 bits per heavy atom. The number of nitriles is 1. The lowest BCUT2D eigenvalue weighted by atomic mass is 9.98. The molecule has 0 aromatic heterocycles. The zero-order valence-corrected chi connectivity index (χ0v) is 11.1. The first-order chi connectivity index (χ1) is 9.10. The van der Waals surface area contributed by atoms with E-state index >= 15 is 0 Å². The average molecular weight is 280 g/mol. The molecule has 100 valence electrons. The SMILES string of the molecule is N#CC1CCN(Cc2ccc(Cl)cc2[N+](=O)[O-])CC1. The van der Waals surface area contributed by atoms with E-state index in [2.05, 4.69) is 11.0 Å². The minimum absolute atomic E-state index is 0.0647. The van der Waals surface area contributed by atoms with Crippen LogP contribution in [-0.2, 0) is 6.54 Å². The third-order valence-corrected chi connectivity index (χ3v) is 3.64. The molecule has 5 nitrogen and oxygen atoms in total. The van der Waals surface area contributed by atoms with Gasteiger partial charge < -0.3 is 0 Å². The van der Waals surface area contributed by atoms with Gasteiger partial charge in [0.2, 0.25) is 0 Å². The normalized spacial score (nSPS) is 17.1. The van der Waals surface area contributed by atoms with E-state index in [1.165, 1.54) is 6.07 Å². The fourth-order valence-electron chi connectivity index (χ4n) is 2.30. The summed E-state index contributed by atoms with van der Waals surface area (Å²) in [7, 11) is 0. The van der Waals surface area contributed by atoms with E-state index in [0.717, 1.165) is 25.9 Å². The standard InChI is InChI=1S/C13H14ClN3O2/c14-12-2-1-11(13(7-12)17(18)19)9-16-5-3-10(8-15)4-6-16/h1-2,7,10H,3-6,9H2. The number of piperidine rings is 1. The number of rotatable bonds is 3. The molecule has 0 saturated carbocycles. The Bertz CT molecular complexity index is 519. The molecular formula is C13H14ClN3O2. The van der Waals surface area contributed by atoms with Crippen LogP contribution in [0.15, 0.2) is 18.2 Å². The van der Waals surface area contributed by atoms with Crippen LogP contribution in [0, 0.1) is 27.4 Å². The zero-order chi connectivity index (χ0) is 13.8. The molecule has 0 radical (unpaired) electrons. The molecule has 19 heavy (non-hydrogen) atoms. The maximum Gasteiger partial charge on any atom is 0.275 e. The van der Waals surface area contributed by atoms with E-state index in [-0.39, 0.29) is 11.6 Å².